The average Bonchev–Trinajstić information content (AvgIpc) is 2.38. The molecular formula is C12H21NO4. The first kappa shape index (κ1) is 14.0. The van der Waals surface area contributed by atoms with Crippen molar-refractivity contribution in [3.63, 3.8) is 0 Å². The van der Waals surface area contributed by atoms with Gasteiger partial charge in [0.1, 0.15) is 0 Å². The lowest BCUT2D eigenvalue weighted by atomic mass is 10.1. The topological polar surface area (TPSA) is 55.8 Å². The third kappa shape index (κ3) is 4.73. The van der Waals surface area contributed by atoms with Gasteiger partial charge in [0.2, 0.25) is 5.91 Å². The van der Waals surface area contributed by atoms with Crippen LogP contribution in [-0.2, 0) is 19.1 Å². The van der Waals surface area contributed by atoms with Gasteiger partial charge in [0.05, 0.1) is 26.2 Å². The van der Waals surface area contributed by atoms with Crippen molar-refractivity contribution in [3.8, 4) is 0 Å². The molecule has 0 saturated carbocycles. The molecule has 1 fully saturated rings. The molecule has 0 atom stereocenters. The van der Waals surface area contributed by atoms with Crippen molar-refractivity contribution in [1.29, 1.82) is 0 Å². The molecule has 0 aromatic heterocycles. The Morgan fingerprint density at radius 2 is 1.94 bits per heavy atom. The maximum atomic E-state index is 11.4. The minimum Gasteiger partial charge on any atom is -0.469 e. The Labute approximate surface area is 102 Å². The number of esters is 1. The zero-order valence-corrected chi connectivity index (χ0v) is 10.6. The molecular weight excluding hydrogens is 222 g/mol. The smallest absolute Gasteiger partial charge is 0.307 e. The van der Waals surface area contributed by atoms with Gasteiger partial charge in [-0.25, -0.2) is 0 Å². The van der Waals surface area contributed by atoms with Gasteiger partial charge in [-0.1, -0.05) is 6.92 Å². The summed E-state index contributed by atoms with van der Waals surface area (Å²) in [6.07, 6.45) is 2.73. The molecule has 0 N–H and O–H groups in total. The van der Waals surface area contributed by atoms with Crippen LogP contribution < -0.4 is 0 Å². The largest absolute Gasteiger partial charge is 0.469 e. The highest BCUT2D eigenvalue weighted by molar-refractivity contribution is 5.75. The Kier molecular flexibility index (Phi) is 5.97. The van der Waals surface area contributed by atoms with E-state index in [9.17, 15) is 9.59 Å². The number of nitrogens with zero attached hydrogens (tertiary/aromatic N) is 1. The lowest BCUT2D eigenvalue weighted by Crippen LogP contribution is -2.40. The molecule has 0 spiro atoms. The van der Waals surface area contributed by atoms with Crippen molar-refractivity contribution in [3.05, 3.63) is 0 Å². The van der Waals surface area contributed by atoms with Crippen molar-refractivity contribution >= 4 is 11.9 Å². The second-order valence-corrected chi connectivity index (χ2v) is 4.13. The molecule has 0 unspecified atom stereocenters. The Hall–Kier alpha value is -1.10. The zero-order valence-electron chi connectivity index (χ0n) is 10.6. The summed E-state index contributed by atoms with van der Waals surface area (Å²) < 4.78 is 10.1. The predicted octanol–water partition coefficient (Wildman–Crippen LogP) is 0.967. The number of rotatable bonds is 5. The van der Waals surface area contributed by atoms with Gasteiger partial charge in [-0.05, 0) is 12.8 Å². The van der Waals surface area contributed by atoms with Crippen molar-refractivity contribution in [2.75, 3.05) is 26.8 Å². The van der Waals surface area contributed by atoms with E-state index in [4.69, 9.17) is 4.74 Å². The van der Waals surface area contributed by atoms with Crippen LogP contribution in [0.1, 0.15) is 32.6 Å². The molecule has 1 aliphatic rings. The quantitative estimate of drug-likeness (QED) is 0.675. The van der Waals surface area contributed by atoms with Crippen LogP contribution in [0, 0.1) is 0 Å². The van der Waals surface area contributed by atoms with Crippen molar-refractivity contribution in [1.82, 2.24) is 4.90 Å². The summed E-state index contributed by atoms with van der Waals surface area (Å²) in [5.74, 6) is -0.0402. The van der Waals surface area contributed by atoms with E-state index in [-0.39, 0.29) is 18.0 Å². The van der Waals surface area contributed by atoms with Gasteiger partial charge < -0.3 is 14.4 Å². The minimum absolute atomic E-state index is 0.167. The number of amides is 1. The van der Waals surface area contributed by atoms with Gasteiger partial charge >= 0.3 is 5.97 Å². The molecule has 1 aliphatic heterocycles. The summed E-state index contributed by atoms with van der Waals surface area (Å²) >= 11 is 0. The molecule has 1 saturated heterocycles. The first-order valence-corrected chi connectivity index (χ1v) is 6.13. The van der Waals surface area contributed by atoms with Crippen LogP contribution in [0.5, 0.6) is 0 Å². The fourth-order valence-corrected chi connectivity index (χ4v) is 1.91. The number of ether oxygens (including phenoxy) is 2. The van der Waals surface area contributed by atoms with Crippen LogP contribution >= 0.6 is 0 Å². The Morgan fingerprint density at radius 3 is 2.47 bits per heavy atom. The van der Waals surface area contributed by atoms with Crippen LogP contribution in [0.15, 0.2) is 0 Å². The summed E-state index contributed by atoms with van der Waals surface area (Å²) in [4.78, 5) is 24.2. The summed E-state index contributed by atoms with van der Waals surface area (Å²) in [5.41, 5.74) is 0. The molecule has 1 amide bonds. The first-order valence-electron chi connectivity index (χ1n) is 6.13. The Balaban J connectivity index is 2.15. The molecule has 98 valence electrons. The standard InChI is InChI=1S/C12H21NO4/c1-3-11(14)13-7-4-10(5-8-13)17-9-6-12(15)16-2/h10H,3-9H2,1-2H3. The average molecular weight is 243 g/mol. The van der Waals surface area contributed by atoms with E-state index < -0.39 is 0 Å². The van der Waals surface area contributed by atoms with Crippen LogP contribution in [0.4, 0.5) is 0 Å². The molecule has 0 aliphatic carbocycles. The molecule has 5 nitrogen and oxygen atoms in total. The van der Waals surface area contributed by atoms with Gasteiger partial charge in [-0.15, -0.1) is 0 Å². The number of methoxy groups -OCH3 is 1. The second-order valence-electron chi connectivity index (χ2n) is 4.13. The summed E-state index contributed by atoms with van der Waals surface area (Å²) in [7, 11) is 1.37. The molecule has 1 heterocycles. The monoisotopic (exact) mass is 243 g/mol. The van der Waals surface area contributed by atoms with Crippen molar-refractivity contribution in [2.45, 2.75) is 38.7 Å². The van der Waals surface area contributed by atoms with E-state index in [1.807, 2.05) is 11.8 Å². The fourth-order valence-electron chi connectivity index (χ4n) is 1.91. The molecule has 5 heteroatoms. The highest BCUT2D eigenvalue weighted by Crippen LogP contribution is 2.14. The van der Waals surface area contributed by atoms with Crippen LogP contribution in [0.3, 0.4) is 0 Å². The Bertz CT molecular complexity index is 256. The normalized spacial score (nSPS) is 16.9. The number of piperidine rings is 1. The number of carbonyl (C=O) groups is 2. The molecule has 0 radical (unpaired) electrons. The molecule has 0 aromatic carbocycles. The summed E-state index contributed by atoms with van der Waals surface area (Å²) in [6.45, 7) is 3.80. The van der Waals surface area contributed by atoms with Gasteiger partial charge in [0, 0.05) is 19.5 Å². The molecule has 1 rings (SSSR count). The number of carbonyl (C=O) groups excluding carboxylic acids is 2. The minimum atomic E-state index is -0.247. The Morgan fingerprint density at radius 1 is 1.29 bits per heavy atom. The van der Waals surface area contributed by atoms with Crippen molar-refractivity contribution < 1.29 is 19.1 Å². The number of hydrogen-bond donors (Lipinski definition) is 0. The molecule has 0 bridgehead atoms. The summed E-state index contributed by atoms with van der Waals surface area (Å²) in [5, 5.41) is 0. The zero-order chi connectivity index (χ0) is 12.7. The highest BCUT2D eigenvalue weighted by Gasteiger charge is 2.22. The van der Waals surface area contributed by atoms with Crippen LogP contribution in [-0.4, -0.2) is 49.7 Å². The number of hydrogen-bond acceptors (Lipinski definition) is 4. The van der Waals surface area contributed by atoms with Gasteiger partial charge in [-0.3, -0.25) is 9.59 Å². The predicted molar refractivity (Wildman–Crippen MR) is 62.5 cm³/mol. The maximum absolute atomic E-state index is 11.4. The second kappa shape index (κ2) is 7.27. The number of likely N-dealkylation sites (tertiary alicyclic amines) is 1. The van der Waals surface area contributed by atoms with Crippen LogP contribution in [0.25, 0.3) is 0 Å². The first-order chi connectivity index (χ1) is 8.17. The highest BCUT2D eigenvalue weighted by atomic mass is 16.5. The molecule has 17 heavy (non-hydrogen) atoms. The fraction of sp³-hybridized carbons (Fsp3) is 0.833. The van der Waals surface area contributed by atoms with Gasteiger partial charge in [0.25, 0.3) is 0 Å². The summed E-state index contributed by atoms with van der Waals surface area (Å²) in [6, 6.07) is 0. The maximum Gasteiger partial charge on any atom is 0.307 e. The van der Waals surface area contributed by atoms with Crippen LogP contribution in [0.2, 0.25) is 0 Å². The third-order valence-corrected chi connectivity index (χ3v) is 2.98. The van der Waals surface area contributed by atoms with Crippen molar-refractivity contribution in [2.24, 2.45) is 0 Å². The van der Waals surface area contributed by atoms with E-state index in [0.717, 1.165) is 25.9 Å². The molecule has 0 aromatic rings. The SMILES string of the molecule is CCC(=O)N1CCC(OCCC(=O)OC)CC1. The van der Waals surface area contributed by atoms with E-state index >= 15 is 0 Å². The van der Waals surface area contributed by atoms with Gasteiger partial charge in [-0.2, -0.15) is 0 Å². The van der Waals surface area contributed by atoms with E-state index in [2.05, 4.69) is 4.74 Å². The lowest BCUT2D eigenvalue weighted by Gasteiger charge is -2.31. The lowest BCUT2D eigenvalue weighted by molar-refractivity contribution is -0.142. The van der Waals surface area contributed by atoms with E-state index in [1.54, 1.807) is 0 Å². The van der Waals surface area contributed by atoms with E-state index in [0.29, 0.717) is 19.4 Å². The van der Waals surface area contributed by atoms with Gasteiger partial charge in [0.15, 0.2) is 0 Å². The van der Waals surface area contributed by atoms with E-state index in [1.165, 1.54) is 7.11 Å². The third-order valence-electron chi connectivity index (χ3n) is 2.98.